The number of amides is 1. The molecule has 0 radical (unpaired) electrons. The first-order valence-corrected chi connectivity index (χ1v) is 11.1. The van der Waals surface area contributed by atoms with Crippen LogP contribution in [0.25, 0.3) is 10.2 Å². The Kier molecular flexibility index (Phi) is 7.01. The number of nitro benzene ring substituents is 1. The number of carbonyl (C=O) groups excluding carboxylic acids is 2. The Morgan fingerprint density at radius 3 is 2.60 bits per heavy atom. The van der Waals surface area contributed by atoms with Gasteiger partial charge in [0.15, 0.2) is 4.80 Å². The Bertz CT molecular complexity index is 1170. The molecule has 0 saturated heterocycles. The van der Waals surface area contributed by atoms with Crippen LogP contribution in [0.1, 0.15) is 12.5 Å². The van der Waals surface area contributed by atoms with Crippen molar-refractivity contribution in [1.29, 1.82) is 0 Å². The van der Waals surface area contributed by atoms with E-state index in [4.69, 9.17) is 4.74 Å². The molecule has 0 aliphatic heterocycles. The molecule has 3 rings (SSSR count). The van der Waals surface area contributed by atoms with Gasteiger partial charge in [-0.2, -0.15) is 4.99 Å². The predicted molar refractivity (Wildman–Crippen MR) is 116 cm³/mol. The van der Waals surface area contributed by atoms with Gasteiger partial charge in [-0.3, -0.25) is 19.7 Å². The van der Waals surface area contributed by atoms with E-state index >= 15 is 0 Å². The lowest BCUT2D eigenvalue weighted by Crippen LogP contribution is -2.23. The van der Waals surface area contributed by atoms with Gasteiger partial charge in [0.1, 0.15) is 6.54 Å². The summed E-state index contributed by atoms with van der Waals surface area (Å²) in [5.74, 6) is -0.879. The number of carbonyl (C=O) groups is 2. The van der Waals surface area contributed by atoms with E-state index in [0.29, 0.717) is 15.0 Å². The second kappa shape index (κ2) is 9.68. The maximum atomic E-state index is 12.5. The third-order valence-electron chi connectivity index (χ3n) is 4.20. The monoisotopic (exact) mass is 445 g/mol. The third kappa shape index (κ3) is 5.14. The molecule has 0 atom stereocenters. The average molecular weight is 446 g/mol. The molecule has 0 spiro atoms. The lowest BCUT2D eigenvalue weighted by Gasteiger charge is -2.05. The molecule has 156 valence electrons. The number of rotatable bonds is 7. The highest BCUT2D eigenvalue weighted by atomic mass is 32.2. The van der Waals surface area contributed by atoms with E-state index in [9.17, 15) is 19.7 Å². The minimum Gasteiger partial charge on any atom is -0.465 e. The minimum atomic E-state index is -0.509. The first-order chi connectivity index (χ1) is 14.4. The number of fused-ring (bicyclic) bond motifs is 1. The van der Waals surface area contributed by atoms with Crippen molar-refractivity contribution in [1.82, 2.24) is 4.57 Å². The Balaban J connectivity index is 2.00. The maximum absolute atomic E-state index is 12.5. The number of thioether (sulfide) groups is 1. The number of thiazole rings is 1. The van der Waals surface area contributed by atoms with Crippen LogP contribution in [0, 0.1) is 10.1 Å². The molecular weight excluding hydrogens is 426 g/mol. The molecule has 2 aromatic carbocycles. The summed E-state index contributed by atoms with van der Waals surface area (Å²) in [5.41, 5.74) is 1.18. The lowest BCUT2D eigenvalue weighted by molar-refractivity contribution is -0.384. The van der Waals surface area contributed by atoms with Gasteiger partial charge in [0.25, 0.3) is 11.6 Å². The average Bonchev–Trinajstić information content (AvgIpc) is 3.04. The Labute approximate surface area is 180 Å². The van der Waals surface area contributed by atoms with Crippen molar-refractivity contribution in [3.63, 3.8) is 0 Å². The largest absolute Gasteiger partial charge is 0.465 e. The normalized spacial score (nSPS) is 11.6. The smallest absolute Gasteiger partial charge is 0.326 e. The molecule has 0 fully saturated rings. The molecule has 10 heteroatoms. The molecule has 0 unspecified atom stereocenters. The van der Waals surface area contributed by atoms with Gasteiger partial charge < -0.3 is 9.30 Å². The van der Waals surface area contributed by atoms with Crippen molar-refractivity contribution in [2.24, 2.45) is 4.99 Å². The summed E-state index contributed by atoms with van der Waals surface area (Å²) >= 11 is 2.81. The summed E-state index contributed by atoms with van der Waals surface area (Å²) in [4.78, 5) is 40.8. The number of hydrogen-bond donors (Lipinski definition) is 0. The zero-order valence-corrected chi connectivity index (χ0v) is 18.0. The predicted octanol–water partition coefficient (Wildman–Crippen LogP) is 3.57. The quantitative estimate of drug-likeness (QED) is 0.238. The van der Waals surface area contributed by atoms with Crippen molar-refractivity contribution in [2.75, 3.05) is 12.9 Å². The fraction of sp³-hybridized carbons (Fsp3) is 0.250. The van der Waals surface area contributed by atoms with Crippen molar-refractivity contribution in [3.8, 4) is 0 Å². The van der Waals surface area contributed by atoms with Crippen LogP contribution in [-0.2, 0) is 27.3 Å². The lowest BCUT2D eigenvalue weighted by atomic mass is 10.1. The van der Waals surface area contributed by atoms with Gasteiger partial charge in [0.2, 0.25) is 0 Å². The van der Waals surface area contributed by atoms with Crippen LogP contribution >= 0.6 is 23.1 Å². The van der Waals surface area contributed by atoms with Crippen molar-refractivity contribution < 1.29 is 19.2 Å². The van der Waals surface area contributed by atoms with Gasteiger partial charge in [-0.25, -0.2) is 0 Å². The summed E-state index contributed by atoms with van der Waals surface area (Å²) < 4.78 is 7.17. The highest BCUT2D eigenvalue weighted by Gasteiger charge is 2.16. The highest BCUT2D eigenvalue weighted by molar-refractivity contribution is 7.98. The molecule has 0 aliphatic carbocycles. The van der Waals surface area contributed by atoms with Crippen LogP contribution < -0.4 is 4.80 Å². The van der Waals surface area contributed by atoms with Crippen LogP contribution in [0.4, 0.5) is 5.69 Å². The third-order valence-corrected chi connectivity index (χ3v) is 6.01. The van der Waals surface area contributed by atoms with Crippen molar-refractivity contribution >= 4 is 50.9 Å². The molecular formula is C20H19N3O5S2. The number of nitrogens with zero attached hydrogens (tertiary/aromatic N) is 3. The van der Waals surface area contributed by atoms with Crippen LogP contribution in [0.3, 0.4) is 0 Å². The van der Waals surface area contributed by atoms with Gasteiger partial charge in [-0.05, 0) is 36.9 Å². The Hall–Kier alpha value is -2.98. The zero-order valence-electron chi connectivity index (χ0n) is 16.4. The van der Waals surface area contributed by atoms with Gasteiger partial charge in [0, 0.05) is 17.0 Å². The second-order valence-electron chi connectivity index (χ2n) is 6.22. The summed E-state index contributed by atoms with van der Waals surface area (Å²) in [6.45, 7) is 1.71. The van der Waals surface area contributed by atoms with Gasteiger partial charge >= 0.3 is 5.97 Å². The molecule has 8 nitrogen and oxygen atoms in total. The van der Waals surface area contributed by atoms with Crippen LogP contribution in [0.5, 0.6) is 0 Å². The summed E-state index contributed by atoms with van der Waals surface area (Å²) in [6.07, 6.45) is 2.09. The molecule has 1 heterocycles. The molecule has 0 aliphatic rings. The summed E-state index contributed by atoms with van der Waals surface area (Å²) in [6, 6.07) is 12.0. The molecule has 0 N–H and O–H groups in total. The van der Waals surface area contributed by atoms with Gasteiger partial charge in [-0.1, -0.05) is 23.5 Å². The SMILES string of the molecule is CCOC(=O)Cn1c(=NC(=O)Cc2ccc(SC)cc2)sc2ccc([N+](=O)[O-])cc21. The standard InChI is InChI=1S/C20H19N3O5S2/c1-3-28-19(25)12-22-16-11-14(23(26)27)6-9-17(16)30-20(22)21-18(24)10-13-4-7-15(29-2)8-5-13/h4-9,11H,3,10,12H2,1-2H3. The molecule has 0 saturated carbocycles. The molecule has 30 heavy (non-hydrogen) atoms. The van der Waals surface area contributed by atoms with E-state index in [0.717, 1.165) is 10.5 Å². The van der Waals surface area contributed by atoms with Gasteiger partial charge in [-0.15, -0.1) is 11.8 Å². The van der Waals surface area contributed by atoms with E-state index in [-0.39, 0.29) is 31.2 Å². The number of nitro groups is 1. The first-order valence-electron chi connectivity index (χ1n) is 9.05. The van der Waals surface area contributed by atoms with E-state index in [1.165, 1.54) is 28.0 Å². The second-order valence-corrected chi connectivity index (χ2v) is 8.10. The minimum absolute atomic E-state index is 0.107. The van der Waals surface area contributed by atoms with Gasteiger partial charge in [0.05, 0.1) is 28.2 Å². The zero-order chi connectivity index (χ0) is 21.7. The maximum Gasteiger partial charge on any atom is 0.326 e. The topological polar surface area (TPSA) is 104 Å². The van der Waals surface area contributed by atoms with Crippen molar-refractivity contribution in [3.05, 3.63) is 62.9 Å². The van der Waals surface area contributed by atoms with Crippen LogP contribution in [0.2, 0.25) is 0 Å². The summed E-state index contributed by atoms with van der Waals surface area (Å²) in [5, 5.41) is 11.1. The number of non-ortho nitro benzene ring substituents is 1. The van der Waals surface area contributed by atoms with Crippen LogP contribution in [0.15, 0.2) is 52.4 Å². The molecule has 1 amide bonds. The van der Waals surface area contributed by atoms with Crippen LogP contribution in [-0.4, -0.2) is 34.2 Å². The number of benzene rings is 2. The number of esters is 1. The Morgan fingerprint density at radius 1 is 1.23 bits per heavy atom. The number of hydrogen-bond acceptors (Lipinski definition) is 7. The summed E-state index contributed by atoms with van der Waals surface area (Å²) in [7, 11) is 0. The fourth-order valence-electron chi connectivity index (χ4n) is 2.81. The fourth-order valence-corrected chi connectivity index (χ4v) is 4.24. The molecule has 1 aromatic heterocycles. The number of aromatic nitrogens is 1. The number of ether oxygens (including phenoxy) is 1. The Morgan fingerprint density at radius 2 is 1.97 bits per heavy atom. The molecule has 3 aromatic rings. The van der Waals surface area contributed by atoms with E-state index in [1.807, 2.05) is 30.5 Å². The van der Waals surface area contributed by atoms with Crippen molar-refractivity contribution in [2.45, 2.75) is 24.8 Å². The van der Waals surface area contributed by atoms with E-state index in [1.54, 1.807) is 24.8 Å². The van der Waals surface area contributed by atoms with E-state index < -0.39 is 10.9 Å². The highest BCUT2D eigenvalue weighted by Crippen LogP contribution is 2.23. The first kappa shape index (κ1) is 21.7. The molecule has 0 bridgehead atoms. The van der Waals surface area contributed by atoms with E-state index in [2.05, 4.69) is 4.99 Å².